The van der Waals surface area contributed by atoms with Gasteiger partial charge in [0.2, 0.25) is 35.4 Å². The van der Waals surface area contributed by atoms with E-state index in [1.165, 1.54) is 27.1 Å². The van der Waals surface area contributed by atoms with E-state index in [-0.39, 0.29) is 35.1 Å². The Morgan fingerprint density at radius 3 is 1.53 bits per heavy atom. The van der Waals surface area contributed by atoms with Crippen LogP contribution >= 0.6 is 0 Å². The third-order valence-corrected chi connectivity index (χ3v) is 13.1. The molecule has 6 atom stereocenters. The molecule has 5 fully saturated rings. The predicted molar refractivity (Wildman–Crippen MR) is 232 cm³/mol. The Labute approximate surface area is 371 Å². The van der Waals surface area contributed by atoms with Crippen molar-refractivity contribution in [2.45, 2.75) is 107 Å². The summed E-state index contributed by atoms with van der Waals surface area (Å²) >= 11 is 0. The molecule has 5 aliphatic heterocycles. The molecule has 64 heavy (non-hydrogen) atoms. The lowest BCUT2D eigenvalue weighted by Crippen LogP contribution is -2.56. The van der Waals surface area contributed by atoms with Crippen LogP contribution in [-0.2, 0) is 28.8 Å². The molecule has 5 saturated heterocycles. The molecule has 5 aliphatic rings. The second kappa shape index (κ2) is 19.3. The third kappa shape index (κ3) is 9.17. The molecule has 18 nitrogen and oxygen atoms in total. The van der Waals surface area contributed by atoms with Crippen LogP contribution in [0.4, 0.5) is 11.4 Å². The molecule has 1 aromatic carbocycles. The average Bonchev–Trinajstić information content (AvgIpc) is 4.18. The maximum atomic E-state index is 14.2. The molecule has 3 aromatic rings. The van der Waals surface area contributed by atoms with Crippen LogP contribution in [0.5, 0.6) is 0 Å². The van der Waals surface area contributed by atoms with Crippen molar-refractivity contribution in [3.63, 3.8) is 0 Å². The van der Waals surface area contributed by atoms with Crippen molar-refractivity contribution in [3.05, 3.63) is 84.4 Å². The molecule has 7 heterocycles. The lowest BCUT2D eigenvalue weighted by Gasteiger charge is -2.32. The summed E-state index contributed by atoms with van der Waals surface area (Å²) in [5.74, 6) is -2.85. The van der Waals surface area contributed by atoms with E-state index < -0.39 is 54.0 Å². The Hall–Kier alpha value is -6.72. The molecule has 0 spiro atoms. The molecule has 0 saturated carbocycles. The fourth-order valence-corrected chi connectivity index (χ4v) is 9.88. The minimum Gasteiger partial charge on any atom is -0.343 e. The molecule has 336 valence electrons. The quantitative estimate of drug-likeness (QED) is 0.256. The maximum Gasteiger partial charge on any atom is 0.256 e. The maximum absolute atomic E-state index is 14.2. The van der Waals surface area contributed by atoms with Gasteiger partial charge in [-0.3, -0.25) is 48.3 Å². The number of amides is 8. The number of hydrogen-bond donors (Lipinski definition) is 3. The van der Waals surface area contributed by atoms with Gasteiger partial charge in [-0.15, -0.1) is 0 Å². The van der Waals surface area contributed by atoms with Gasteiger partial charge in [0.05, 0.1) is 17.4 Å². The number of carbonyl (C=O) groups excluding carboxylic acids is 8. The summed E-state index contributed by atoms with van der Waals surface area (Å²) in [7, 11) is 0. The summed E-state index contributed by atoms with van der Waals surface area (Å²) in [6.07, 6.45) is 11.5. The van der Waals surface area contributed by atoms with Crippen LogP contribution in [-0.4, -0.2) is 151 Å². The summed E-state index contributed by atoms with van der Waals surface area (Å²) < 4.78 is 0. The van der Waals surface area contributed by atoms with E-state index in [1.54, 1.807) is 77.6 Å². The normalized spacial score (nSPS) is 23.5. The number of likely N-dealkylation sites (tertiary alicyclic amines) is 5. The first-order chi connectivity index (χ1) is 31.0. The zero-order valence-corrected chi connectivity index (χ0v) is 35.9. The molecule has 8 rings (SSSR count). The van der Waals surface area contributed by atoms with E-state index in [0.29, 0.717) is 114 Å². The molecule has 0 unspecified atom stereocenters. The number of pyridine rings is 2. The number of nitrogens with one attached hydrogen (secondary N) is 3. The van der Waals surface area contributed by atoms with E-state index in [2.05, 4.69) is 25.9 Å². The first-order valence-corrected chi connectivity index (χ1v) is 22.4. The highest BCUT2D eigenvalue weighted by atomic mass is 16.2. The van der Waals surface area contributed by atoms with Gasteiger partial charge in [-0.05, 0) is 114 Å². The van der Waals surface area contributed by atoms with Gasteiger partial charge in [0.25, 0.3) is 11.8 Å². The van der Waals surface area contributed by atoms with Crippen LogP contribution in [0.25, 0.3) is 0 Å². The standard InChI is InChI=1S/C46H54N10O8/c1-29(42(60)52-21-5-15-35(52)41(59)51-33-13-4-20-48-28-33)49-39(57)34-14-6-22-53(34)45(63)37-17-8-24-55(37)43(61)30-10-2-12-32(26-30)50-40(58)36-16-7-23-54(36)46(64)38-18-9-25-56(38)44(62)31-11-3-19-47-27-31/h2-4,10-13,19-20,26-29,34-38H,5-9,14-18,21-25H2,1H3,(H,49,57)(H,50,58)(H,51,59)/t29-,34-,35-,36-,37-,38-/m0/s1. The monoisotopic (exact) mass is 874 g/mol. The van der Waals surface area contributed by atoms with Crippen molar-refractivity contribution in [1.82, 2.24) is 39.8 Å². The number of aromatic nitrogens is 2. The number of rotatable bonds is 11. The highest BCUT2D eigenvalue weighted by Crippen LogP contribution is 2.30. The Bertz CT molecular complexity index is 2280. The Kier molecular flexibility index (Phi) is 13.3. The van der Waals surface area contributed by atoms with Gasteiger partial charge >= 0.3 is 0 Å². The third-order valence-electron chi connectivity index (χ3n) is 13.1. The van der Waals surface area contributed by atoms with Crippen molar-refractivity contribution in [2.24, 2.45) is 0 Å². The molecular weight excluding hydrogens is 821 g/mol. The summed E-state index contributed by atoms with van der Waals surface area (Å²) in [5, 5.41) is 8.51. The molecule has 3 N–H and O–H groups in total. The van der Waals surface area contributed by atoms with Crippen molar-refractivity contribution < 1.29 is 38.4 Å². The molecular formula is C46H54N10O8. The number of carbonyl (C=O) groups is 8. The molecule has 0 radical (unpaired) electrons. The van der Waals surface area contributed by atoms with Crippen LogP contribution in [0.15, 0.2) is 73.3 Å². The molecule has 0 bridgehead atoms. The van der Waals surface area contributed by atoms with Crippen LogP contribution < -0.4 is 16.0 Å². The average molecular weight is 875 g/mol. The van der Waals surface area contributed by atoms with Gasteiger partial charge in [-0.2, -0.15) is 0 Å². The summed E-state index contributed by atoms with van der Waals surface area (Å²) in [5.41, 5.74) is 1.55. The van der Waals surface area contributed by atoms with Crippen LogP contribution in [0.1, 0.15) is 91.8 Å². The van der Waals surface area contributed by atoms with Gasteiger partial charge in [-0.1, -0.05) is 6.07 Å². The van der Waals surface area contributed by atoms with Gasteiger partial charge in [0.15, 0.2) is 0 Å². The number of benzene rings is 1. The topological polar surface area (TPSA) is 215 Å². The Morgan fingerprint density at radius 1 is 0.516 bits per heavy atom. The fraction of sp³-hybridized carbons (Fsp3) is 0.478. The first-order valence-electron chi connectivity index (χ1n) is 22.4. The van der Waals surface area contributed by atoms with Crippen molar-refractivity contribution in [2.75, 3.05) is 43.4 Å². The molecule has 0 aliphatic carbocycles. The van der Waals surface area contributed by atoms with Crippen molar-refractivity contribution in [3.8, 4) is 0 Å². The van der Waals surface area contributed by atoms with Crippen molar-refractivity contribution in [1.29, 1.82) is 0 Å². The summed E-state index contributed by atoms with van der Waals surface area (Å²) in [4.78, 5) is 125. The minimum atomic E-state index is -0.947. The first kappa shape index (κ1) is 43.9. The largest absolute Gasteiger partial charge is 0.343 e. The Morgan fingerprint density at radius 2 is 0.969 bits per heavy atom. The molecule has 8 amide bonds. The lowest BCUT2D eigenvalue weighted by atomic mass is 10.1. The van der Waals surface area contributed by atoms with Crippen LogP contribution in [0.3, 0.4) is 0 Å². The molecule has 2 aromatic heterocycles. The van der Waals surface area contributed by atoms with Crippen LogP contribution in [0, 0.1) is 0 Å². The van der Waals surface area contributed by atoms with Gasteiger partial charge < -0.3 is 40.4 Å². The number of hydrogen-bond acceptors (Lipinski definition) is 10. The van der Waals surface area contributed by atoms with E-state index in [4.69, 9.17) is 0 Å². The van der Waals surface area contributed by atoms with Crippen LogP contribution in [0.2, 0.25) is 0 Å². The zero-order valence-electron chi connectivity index (χ0n) is 35.9. The minimum absolute atomic E-state index is 0.263. The van der Waals surface area contributed by atoms with Gasteiger partial charge in [0, 0.05) is 62.6 Å². The summed E-state index contributed by atoms with van der Waals surface area (Å²) in [6, 6.07) is 8.53. The Balaban J connectivity index is 0.867. The predicted octanol–water partition coefficient (Wildman–Crippen LogP) is 2.44. The fourth-order valence-electron chi connectivity index (χ4n) is 9.88. The smallest absolute Gasteiger partial charge is 0.256 e. The van der Waals surface area contributed by atoms with Crippen molar-refractivity contribution >= 4 is 58.6 Å². The second-order valence-corrected chi connectivity index (χ2v) is 17.2. The SMILES string of the molecule is C[C@H](NC(=O)[C@@H]1CCCN1C(=O)[C@@H]1CCCN1C(=O)c1cccc(NC(=O)[C@@H]2CCCN2C(=O)[C@@H]2CCCN2C(=O)c2cccnc2)c1)C(=O)N1CCC[C@H]1C(=O)Nc1cccnc1. The van der Waals surface area contributed by atoms with E-state index in [1.807, 2.05) is 0 Å². The van der Waals surface area contributed by atoms with E-state index in [9.17, 15) is 38.4 Å². The zero-order chi connectivity index (χ0) is 44.9. The van der Waals surface area contributed by atoms with E-state index >= 15 is 0 Å². The molecule has 18 heteroatoms. The van der Waals surface area contributed by atoms with Gasteiger partial charge in [0.1, 0.15) is 36.3 Å². The highest BCUT2D eigenvalue weighted by molar-refractivity contribution is 6.03. The highest BCUT2D eigenvalue weighted by Gasteiger charge is 2.45. The van der Waals surface area contributed by atoms with Gasteiger partial charge in [-0.25, -0.2) is 0 Å². The van der Waals surface area contributed by atoms with E-state index in [0.717, 1.165) is 0 Å². The summed E-state index contributed by atoms with van der Waals surface area (Å²) in [6.45, 7) is 3.42. The number of nitrogens with zero attached hydrogens (tertiary/aromatic N) is 7. The second-order valence-electron chi connectivity index (χ2n) is 17.2. The number of anilines is 2. The lowest BCUT2D eigenvalue weighted by molar-refractivity contribution is -0.143.